The first-order valence-electron chi connectivity index (χ1n) is 5.75. The molecule has 18 heavy (non-hydrogen) atoms. The standard InChI is InChI=1S/C13H18N2O2S/c1-10(9-18(3,16)17)15-11(2)13-6-4-5-12(7-13)8-14/h4-7,10-11,15H,9H2,1-3H3. The highest BCUT2D eigenvalue weighted by atomic mass is 32.2. The van der Waals surface area contributed by atoms with Crippen LogP contribution in [0.1, 0.15) is 31.0 Å². The molecule has 0 spiro atoms. The third kappa shape index (κ3) is 4.86. The van der Waals surface area contributed by atoms with E-state index < -0.39 is 9.84 Å². The second-order valence-corrected chi connectivity index (χ2v) is 6.80. The summed E-state index contributed by atoms with van der Waals surface area (Å²) in [5, 5.41) is 12.0. The van der Waals surface area contributed by atoms with Crippen LogP contribution in [0.4, 0.5) is 0 Å². The Morgan fingerprint density at radius 2 is 2.06 bits per heavy atom. The van der Waals surface area contributed by atoms with Gasteiger partial charge in [-0.15, -0.1) is 0 Å². The van der Waals surface area contributed by atoms with Gasteiger partial charge in [0.25, 0.3) is 0 Å². The van der Waals surface area contributed by atoms with Gasteiger partial charge in [-0.3, -0.25) is 0 Å². The van der Waals surface area contributed by atoms with Gasteiger partial charge in [0.1, 0.15) is 9.84 Å². The fourth-order valence-electron chi connectivity index (χ4n) is 1.90. The Morgan fingerprint density at radius 3 is 2.61 bits per heavy atom. The lowest BCUT2D eigenvalue weighted by molar-refractivity contribution is 0.500. The first-order chi connectivity index (χ1) is 8.31. The molecule has 0 aliphatic rings. The number of rotatable bonds is 5. The van der Waals surface area contributed by atoms with Gasteiger partial charge < -0.3 is 5.32 Å². The van der Waals surface area contributed by atoms with E-state index in [0.717, 1.165) is 5.56 Å². The van der Waals surface area contributed by atoms with Crippen molar-refractivity contribution >= 4 is 9.84 Å². The maximum absolute atomic E-state index is 11.2. The van der Waals surface area contributed by atoms with Crippen molar-refractivity contribution in [2.24, 2.45) is 0 Å². The summed E-state index contributed by atoms with van der Waals surface area (Å²) in [6.45, 7) is 3.79. The van der Waals surface area contributed by atoms with Gasteiger partial charge in [0.15, 0.2) is 0 Å². The molecule has 0 bridgehead atoms. The van der Waals surface area contributed by atoms with Crippen molar-refractivity contribution < 1.29 is 8.42 Å². The van der Waals surface area contributed by atoms with Crippen molar-refractivity contribution in [2.75, 3.05) is 12.0 Å². The number of nitriles is 1. The molecule has 0 fully saturated rings. The summed E-state index contributed by atoms with van der Waals surface area (Å²) >= 11 is 0. The van der Waals surface area contributed by atoms with Gasteiger partial charge in [-0.1, -0.05) is 12.1 Å². The molecule has 98 valence electrons. The van der Waals surface area contributed by atoms with Crippen LogP contribution >= 0.6 is 0 Å². The molecule has 0 aliphatic heterocycles. The van der Waals surface area contributed by atoms with Crippen LogP contribution in [0.15, 0.2) is 24.3 Å². The zero-order valence-electron chi connectivity index (χ0n) is 10.8. The normalized spacial score (nSPS) is 14.8. The summed E-state index contributed by atoms with van der Waals surface area (Å²) in [4.78, 5) is 0. The molecule has 0 amide bonds. The maximum atomic E-state index is 11.2. The summed E-state index contributed by atoms with van der Waals surface area (Å²) in [5.74, 6) is 0.106. The summed E-state index contributed by atoms with van der Waals surface area (Å²) in [6, 6.07) is 9.28. The highest BCUT2D eigenvalue weighted by molar-refractivity contribution is 7.90. The lowest BCUT2D eigenvalue weighted by Crippen LogP contribution is -2.34. The monoisotopic (exact) mass is 266 g/mol. The summed E-state index contributed by atoms with van der Waals surface area (Å²) in [5.41, 5.74) is 1.59. The minimum atomic E-state index is -2.98. The molecule has 1 N–H and O–H groups in total. The zero-order valence-corrected chi connectivity index (χ0v) is 11.7. The van der Waals surface area contributed by atoms with E-state index in [-0.39, 0.29) is 17.8 Å². The van der Waals surface area contributed by atoms with Crippen LogP contribution in [0.5, 0.6) is 0 Å². The van der Waals surface area contributed by atoms with E-state index >= 15 is 0 Å². The van der Waals surface area contributed by atoms with E-state index in [4.69, 9.17) is 5.26 Å². The Labute approximate surface area is 109 Å². The molecule has 0 aliphatic carbocycles. The summed E-state index contributed by atoms with van der Waals surface area (Å²) in [7, 11) is -2.98. The van der Waals surface area contributed by atoms with Gasteiger partial charge in [0.05, 0.1) is 17.4 Å². The lowest BCUT2D eigenvalue weighted by Gasteiger charge is -2.19. The molecule has 5 heteroatoms. The van der Waals surface area contributed by atoms with Crippen LogP contribution < -0.4 is 5.32 Å². The van der Waals surface area contributed by atoms with Gasteiger partial charge in [-0.25, -0.2) is 8.42 Å². The molecular weight excluding hydrogens is 248 g/mol. The predicted molar refractivity (Wildman–Crippen MR) is 71.9 cm³/mol. The van der Waals surface area contributed by atoms with Crippen molar-refractivity contribution in [3.63, 3.8) is 0 Å². The van der Waals surface area contributed by atoms with E-state index in [2.05, 4.69) is 11.4 Å². The van der Waals surface area contributed by atoms with Crippen molar-refractivity contribution in [3.05, 3.63) is 35.4 Å². The number of benzene rings is 1. The van der Waals surface area contributed by atoms with E-state index in [0.29, 0.717) is 5.56 Å². The number of nitrogens with zero attached hydrogens (tertiary/aromatic N) is 1. The van der Waals surface area contributed by atoms with E-state index in [1.54, 1.807) is 6.07 Å². The second-order valence-electron chi connectivity index (χ2n) is 4.62. The third-order valence-corrected chi connectivity index (χ3v) is 3.71. The molecule has 2 atom stereocenters. The first-order valence-corrected chi connectivity index (χ1v) is 7.81. The average molecular weight is 266 g/mol. The van der Waals surface area contributed by atoms with Crippen molar-refractivity contribution in [3.8, 4) is 6.07 Å². The zero-order chi connectivity index (χ0) is 13.8. The van der Waals surface area contributed by atoms with Crippen LogP contribution in [-0.4, -0.2) is 26.5 Å². The number of nitrogens with one attached hydrogen (secondary N) is 1. The fraction of sp³-hybridized carbons (Fsp3) is 0.462. The average Bonchev–Trinajstić information content (AvgIpc) is 2.26. The second kappa shape index (κ2) is 5.98. The molecule has 2 unspecified atom stereocenters. The Bertz CT molecular complexity index is 546. The van der Waals surface area contributed by atoms with Crippen molar-refractivity contribution in [1.29, 1.82) is 5.26 Å². The van der Waals surface area contributed by atoms with Crippen LogP contribution in [0, 0.1) is 11.3 Å². The van der Waals surface area contributed by atoms with Crippen LogP contribution in [-0.2, 0) is 9.84 Å². The van der Waals surface area contributed by atoms with E-state index in [9.17, 15) is 8.42 Å². The molecular formula is C13H18N2O2S. The number of sulfone groups is 1. The minimum Gasteiger partial charge on any atom is -0.307 e. The van der Waals surface area contributed by atoms with E-state index in [1.165, 1.54) is 6.26 Å². The largest absolute Gasteiger partial charge is 0.307 e. The van der Waals surface area contributed by atoms with Crippen molar-refractivity contribution in [1.82, 2.24) is 5.32 Å². The molecule has 0 aromatic heterocycles. The van der Waals surface area contributed by atoms with Gasteiger partial charge in [0.2, 0.25) is 0 Å². The van der Waals surface area contributed by atoms with Gasteiger partial charge >= 0.3 is 0 Å². The lowest BCUT2D eigenvalue weighted by atomic mass is 10.1. The molecule has 0 saturated carbocycles. The van der Waals surface area contributed by atoms with Gasteiger partial charge in [-0.2, -0.15) is 5.26 Å². The molecule has 0 saturated heterocycles. The maximum Gasteiger partial charge on any atom is 0.148 e. The third-order valence-electron chi connectivity index (χ3n) is 2.60. The SMILES string of the molecule is CC(CS(C)(=O)=O)NC(C)c1cccc(C#N)c1. The molecule has 0 heterocycles. The number of hydrogen-bond acceptors (Lipinski definition) is 4. The molecule has 0 radical (unpaired) electrons. The molecule has 1 aromatic rings. The molecule has 1 aromatic carbocycles. The van der Waals surface area contributed by atoms with Crippen LogP contribution in [0.3, 0.4) is 0 Å². The Balaban J connectivity index is 2.70. The summed E-state index contributed by atoms with van der Waals surface area (Å²) in [6.07, 6.45) is 1.23. The Kier molecular flexibility index (Phi) is 4.88. The molecule has 4 nitrogen and oxygen atoms in total. The smallest absolute Gasteiger partial charge is 0.148 e. The first kappa shape index (κ1) is 14.7. The van der Waals surface area contributed by atoms with Crippen LogP contribution in [0.2, 0.25) is 0 Å². The van der Waals surface area contributed by atoms with Gasteiger partial charge in [0, 0.05) is 18.3 Å². The van der Waals surface area contributed by atoms with Crippen LogP contribution in [0.25, 0.3) is 0 Å². The Morgan fingerprint density at radius 1 is 1.39 bits per heavy atom. The predicted octanol–water partition coefficient (Wildman–Crippen LogP) is 1.64. The number of hydrogen-bond donors (Lipinski definition) is 1. The topological polar surface area (TPSA) is 70.0 Å². The minimum absolute atomic E-state index is 0.00931. The quantitative estimate of drug-likeness (QED) is 0.879. The summed E-state index contributed by atoms with van der Waals surface area (Å²) < 4.78 is 22.4. The van der Waals surface area contributed by atoms with E-state index in [1.807, 2.05) is 32.0 Å². The highest BCUT2D eigenvalue weighted by Crippen LogP contribution is 2.14. The fourth-order valence-corrected chi connectivity index (χ4v) is 2.91. The highest BCUT2D eigenvalue weighted by Gasteiger charge is 2.14. The molecule has 1 rings (SSSR count). The van der Waals surface area contributed by atoms with Crippen molar-refractivity contribution in [2.45, 2.75) is 25.9 Å². The Hall–Kier alpha value is -1.38. The van der Waals surface area contributed by atoms with Gasteiger partial charge in [-0.05, 0) is 31.5 Å².